The van der Waals surface area contributed by atoms with Crippen LogP contribution in [0.4, 0.5) is 0 Å². The van der Waals surface area contributed by atoms with Crippen LogP contribution in [0.5, 0.6) is 0 Å². The molecule has 6 heteroatoms. The Morgan fingerprint density at radius 3 is 2.72 bits per heavy atom. The molecule has 2 N–H and O–H groups in total. The van der Waals surface area contributed by atoms with Crippen molar-refractivity contribution >= 4 is 11.8 Å². The van der Waals surface area contributed by atoms with E-state index in [0.717, 1.165) is 12.8 Å². The number of carbonyl (C=O) groups excluding carboxylic acids is 2. The van der Waals surface area contributed by atoms with Crippen LogP contribution in [0.3, 0.4) is 0 Å². The monoisotopic (exact) mass is 339 g/mol. The zero-order valence-electron chi connectivity index (χ0n) is 13.9. The summed E-state index contributed by atoms with van der Waals surface area (Å²) >= 11 is 0. The molecule has 1 atom stereocenters. The Hall–Kier alpha value is -2.89. The molecule has 2 amide bonds. The van der Waals surface area contributed by atoms with Crippen LogP contribution in [0.1, 0.15) is 28.8 Å². The standard InChI is InChI=1S/C19H21N3O3/c23-17-12-15(21-19(25)16-9-4-10-20-18(16)24)13-22(17)11-5-8-14-6-2-1-3-7-14/h1-4,6-7,9-10,15H,5,8,11-13H2,(H,20,24)(H,21,25). The molecule has 1 aliphatic rings. The van der Waals surface area contributed by atoms with Gasteiger partial charge in [-0.25, -0.2) is 0 Å². The highest BCUT2D eigenvalue weighted by Crippen LogP contribution is 2.13. The second-order valence-electron chi connectivity index (χ2n) is 6.22. The second kappa shape index (κ2) is 7.79. The number of hydrogen-bond acceptors (Lipinski definition) is 3. The molecule has 1 aromatic carbocycles. The van der Waals surface area contributed by atoms with E-state index in [0.29, 0.717) is 13.1 Å². The molecule has 1 aromatic heterocycles. The maximum atomic E-state index is 12.2. The van der Waals surface area contributed by atoms with E-state index >= 15 is 0 Å². The SMILES string of the molecule is O=C(NC1CC(=O)N(CCCc2ccccc2)C1)c1ccc[nH]c1=O. The van der Waals surface area contributed by atoms with Gasteiger partial charge in [0.05, 0.1) is 6.04 Å². The van der Waals surface area contributed by atoms with Crippen molar-refractivity contribution in [3.63, 3.8) is 0 Å². The third-order valence-corrected chi connectivity index (χ3v) is 4.35. The Labute approximate surface area is 145 Å². The highest BCUT2D eigenvalue weighted by atomic mass is 16.2. The number of pyridine rings is 1. The first-order valence-corrected chi connectivity index (χ1v) is 8.44. The van der Waals surface area contributed by atoms with Gasteiger partial charge < -0.3 is 15.2 Å². The zero-order valence-corrected chi connectivity index (χ0v) is 13.9. The third-order valence-electron chi connectivity index (χ3n) is 4.35. The summed E-state index contributed by atoms with van der Waals surface area (Å²) in [7, 11) is 0. The number of aromatic amines is 1. The van der Waals surface area contributed by atoms with E-state index in [4.69, 9.17) is 0 Å². The van der Waals surface area contributed by atoms with Crippen LogP contribution in [0.2, 0.25) is 0 Å². The molecule has 3 rings (SSSR count). The Bertz CT molecular complexity index is 801. The molecule has 1 aliphatic heterocycles. The van der Waals surface area contributed by atoms with E-state index < -0.39 is 11.5 Å². The topological polar surface area (TPSA) is 82.3 Å². The lowest BCUT2D eigenvalue weighted by Gasteiger charge is -2.17. The number of benzene rings is 1. The van der Waals surface area contributed by atoms with Crippen molar-refractivity contribution in [3.05, 3.63) is 70.1 Å². The van der Waals surface area contributed by atoms with Crippen molar-refractivity contribution in [2.24, 2.45) is 0 Å². The second-order valence-corrected chi connectivity index (χ2v) is 6.22. The Morgan fingerprint density at radius 1 is 1.16 bits per heavy atom. The van der Waals surface area contributed by atoms with Gasteiger partial charge in [-0.2, -0.15) is 0 Å². The third kappa shape index (κ3) is 4.35. The Kier molecular flexibility index (Phi) is 5.28. The quantitative estimate of drug-likeness (QED) is 0.833. The van der Waals surface area contributed by atoms with Gasteiger partial charge in [0.2, 0.25) is 5.91 Å². The summed E-state index contributed by atoms with van der Waals surface area (Å²) in [5.41, 5.74) is 0.892. The molecule has 1 fully saturated rings. The molecule has 2 aromatic rings. The van der Waals surface area contributed by atoms with Crippen LogP contribution in [0, 0.1) is 0 Å². The smallest absolute Gasteiger partial charge is 0.260 e. The Balaban J connectivity index is 1.49. The van der Waals surface area contributed by atoms with Gasteiger partial charge in [-0.15, -0.1) is 0 Å². The Morgan fingerprint density at radius 2 is 1.96 bits per heavy atom. The minimum atomic E-state index is -0.439. The first-order chi connectivity index (χ1) is 12.1. The van der Waals surface area contributed by atoms with Crippen LogP contribution in [0.15, 0.2) is 53.5 Å². The fourth-order valence-corrected chi connectivity index (χ4v) is 3.07. The number of likely N-dealkylation sites (tertiary alicyclic amines) is 1. The van der Waals surface area contributed by atoms with E-state index in [-0.39, 0.29) is 23.9 Å². The zero-order chi connectivity index (χ0) is 17.6. The first-order valence-electron chi connectivity index (χ1n) is 8.44. The summed E-state index contributed by atoms with van der Waals surface area (Å²) in [4.78, 5) is 40.2. The highest BCUT2D eigenvalue weighted by Gasteiger charge is 2.30. The number of amides is 2. The molecule has 6 nitrogen and oxygen atoms in total. The average molecular weight is 339 g/mol. The van der Waals surface area contributed by atoms with E-state index in [9.17, 15) is 14.4 Å². The van der Waals surface area contributed by atoms with E-state index in [1.54, 1.807) is 11.0 Å². The number of aryl methyl sites for hydroxylation is 1. The number of aromatic nitrogens is 1. The molecular formula is C19H21N3O3. The first kappa shape index (κ1) is 17.0. The van der Waals surface area contributed by atoms with Crippen LogP contribution in [0.25, 0.3) is 0 Å². The minimum absolute atomic E-state index is 0.0420. The van der Waals surface area contributed by atoms with Gasteiger partial charge in [-0.1, -0.05) is 30.3 Å². The van der Waals surface area contributed by atoms with Gasteiger partial charge in [-0.05, 0) is 30.5 Å². The molecule has 2 heterocycles. The molecule has 130 valence electrons. The van der Waals surface area contributed by atoms with Gasteiger partial charge in [0.25, 0.3) is 11.5 Å². The molecule has 0 bridgehead atoms. The van der Waals surface area contributed by atoms with E-state index in [1.807, 2.05) is 18.2 Å². The van der Waals surface area contributed by atoms with Crippen molar-refractivity contribution in [2.75, 3.05) is 13.1 Å². The number of nitrogens with one attached hydrogen (secondary N) is 2. The van der Waals surface area contributed by atoms with Crippen molar-refractivity contribution in [1.29, 1.82) is 0 Å². The van der Waals surface area contributed by atoms with Gasteiger partial charge in [0, 0.05) is 25.7 Å². The van der Waals surface area contributed by atoms with Crippen LogP contribution < -0.4 is 10.9 Å². The van der Waals surface area contributed by atoms with Gasteiger partial charge in [0.15, 0.2) is 0 Å². The fourth-order valence-electron chi connectivity index (χ4n) is 3.07. The normalized spacial score (nSPS) is 16.9. The van der Waals surface area contributed by atoms with Crippen molar-refractivity contribution < 1.29 is 9.59 Å². The summed E-state index contributed by atoms with van der Waals surface area (Å²) in [5.74, 6) is -0.397. The largest absolute Gasteiger partial charge is 0.347 e. The molecule has 0 saturated carbocycles. The number of hydrogen-bond donors (Lipinski definition) is 2. The lowest BCUT2D eigenvalue weighted by molar-refractivity contribution is -0.127. The van der Waals surface area contributed by atoms with Gasteiger partial charge in [-0.3, -0.25) is 14.4 Å². The molecular weight excluding hydrogens is 318 g/mol. The maximum absolute atomic E-state index is 12.2. The lowest BCUT2D eigenvalue weighted by atomic mass is 10.1. The number of H-pyrrole nitrogens is 1. The maximum Gasteiger partial charge on any atom is 0.260 e. The van der Waals surface area contributed by atoms with Crippen LogP contribution >= 0.6 is 0 Å². The predicted molar refractivity (Wildman–Crippen MR) is 94.3 cm³/mol. The summed E-state index contributed by atoms with van der Waals surface area (Å²) < 4.78 is 0. The van der Waals surface area contributed by atoms with Gasteiger partial charge in [0.1, 0.15) is 5.56 Å². The van der Waals surface area contributed by atoms with Crippen LogP contribution in [-0.2, 0) is 11.2 Å². The van der Waals surface area contributed by atoms with Crippen molar-refractivity contribution in [3.8, 4) is 0 Å². The van der Waals surface area contributed by atoms with Crippen molar-refractivity contribution in [1.82, 2.24) is 15.2 Å². The molecule has 25 heavy (non-hydrogen) atoms. The summed E-state index contributed by atoms with van der Waals surface area (Å²) in [6, 6.07) is 13.0. The summed E-state index contributed by atoms with van der Waals surface area (Å²) in [5, 5.41) is 2.78. The molecule has 0 radical (unpaired) electrons. The number of rotatable bonds is 6. The molecule has 0 spiro atoms. The van der Waals surface area contributed by atoms with Crippen LogP contribution in [-0.4, -0.2) is 40.8 Å². The number of nitrogens with zero attached hydrogens (tertiary/aromatic N) is 1. The average Bonchev–Trinajstić information content (AvgIpc) is 2.95. The minimum Gasteiger partial charge on any atom is -0.347 e. The summed E-state index contributed by atoms with van der Waals surface area (Å²) in [6.07, 6.45) is 3.56. The fraction of sp³-hybridized carbons (Fsp3) is 0.316. The highest BCUT2D eigenvalue weighted by molar-refractivity contribution is 5.94. The predicted octanol–water partition coefficient (Wildman–Crippen LogP) is 1.34. The molecule has 1 unspecified atom stereocenters. The van der Waals surface area contributed by atoms with E-state index in [2.05, 4.69) is 22.4 Å². The number of carbonyl (C=O) groups is 2. The van der Waals surface area contributed by atoms with Crippen molar-refractivity contribution in [2.45, 2.75) is 25.3 Å². The summed E-state index contributed by atoms with van der Waals surface area (Å²) in [6.45, 7) is 1.16. The van der Waals surface area contributed by atoms with E-state index in [1.165, 1.54) is 17.8 Å². The molecule has 0 aliphatic carbocycles. The molecule has 1 saturated heterocycles. The van der Waals surface area contributed by atoms with Gasteiger partial charge >= 0.3 is 0 Å². The lowest BCUT2D eigenvalue weighted by Crippen LogP contribution is -2.39.